The molecule has 1 N–H and O–H groups in total. The van der Waals surface area contributed by atoms with Crippen molar-refractivity contribution in [3.05, 3.63) is 34.3 Å². The van der Waals surface area contributed by atoms with Crippen molar-refractivity contribution in [3.8, 4) is 0 Å². The first-order chi connectivity index (χ1) is 9.72. The van der Waals surface area contributed by atoms with Crippen LogP contribution < -0.4 is 5.43 Å². The molecule has 1 rings (SSSR count). The zero-order valence-electron chi connectivity index (χ0n) is 12.1. The molecule has 1 amide bonds. The fraction of sp³-hybridized carbons (Fsp3) is 0.500. The Bertz CT molecular complexity index is 415. The van der Waals surface area contributed by atoms with Crippen molar-refractivity contribution >= 4 is 28.1 Å². The van der Waals surface area contributed by atoms with Gasteiger partial charge in [-0.3, -0.25) is 4.79 Å². The van der Waals surface area contributed by atoms with Crippen LogP contribution in [0.4, 0.5) is 0 Å². The lowest BCUT2D eigenvalue weighted by atomic mass is 10.1. The summed E-state index contributed by atoms with van der Waals surface area (Å²) in [6.45, 7) is 2.21. The van der Waals surface area contributed by atoms with Crippen LogP contribution in [0.25, 0.3) is 0 Å². The number of hydrogen-bond acceptors (Lipinski definition) is 2. The van der Waals surface area contributed by atoms with E-state index in [4.69, 9.17) is 0 Å². The maximum atomic E-state index is 11.5. The number of halogens is 1. The molecule has 0 atom stereocenters. The number of rotatable bonds is 9. The lowest BCUT2D eigenvalue weighted by Gasteiger charge is -2.00. The third kappa shape index (κ3) is 8.10. The van der Waals surface area contributed by atoms with Crippen LogP contribution >= 0.6 is 15.9 Å². The van der Waals surface area contributed by atoms with E-state index in [-0.39, 0.29) is 5.91 Å². The second-order valence-electron chi connectivity index (χ2n) is 4.86. The fourth-order valence-electron chi connectivity index (χ4n) is 1.85. The first kappa shape index (κ1) is 16.9. The van der Waals surface area contributed by atoms with Gasteiger partial charge in [0.1, 0.15) is 0 Å². The highest BCUT2D eigenvalue weighted by molar-refractivity contribution is 9.10. The van der Waals surface area contributed by atoms with E-state index in [9.17, 15) is 4.79 Å². The van der Waals surface area contributed by atoms with Gasteiger partial charge in [-0.2, -0.15) is 5.10 Å². The number of hydrogen-bond donors (Lipinski definition) is 1. The summed E-state index contributed by atoms with van der Waals surface area (Å²) in [6.07, 6.45) is 9.35. The second-order valence-corrected chi connectivity index (χ2v) is 5.78. The Balaban J connectivity index is 2.12. The molecule has 3 nitrogen and oxygen atoms in total. The molecule has 0 heterocycles. The van der Waals surface area contributed by atoms with Crippen molar-refractivity contribution in [2.45, 2.75) is 51.9 Å². The molecule has 0 unspecified atom stereocenters. The standard InChI is InChI=1S/C16H23BrN2O/c1-2-3-4-5-6-7-8-16(20)19-18-13-14-9-11-15(17)12-10-14/h9-13H,2-8H2,1H3,(H,19,20). The van der Waals surface area contributed by atoms with Crippen molar-refractivity contribution in [1.29, 1.82) is 0 Å². The molecule has 0 aliphatic heterocycles. The van der Waals surface area contributed by atoms with Crippen LogP contribution in [0.1, 0.15) is 57.4 Å². The molecule has 110 valence electrons. The molecule has 0 saturated carbocycles. The van der Waals surface area contributed by atoms with E-state index in [1.165, 1.54) is 25.7 Å². The molecule has 1 aromatic rings. The number of benzene rings is 1. The maximum absolute atomic E-state index is 11.5. The van der Waals surface area contributed by atoms with Crippen molar-refractivity contribution < 1.29 is 4.79 Å². The largest absolute Gasteiger partial charge is 0.273 e. The van der Waals surface area contributed by atoms with Gasteiger partial charge in [-0.25, -0.2) is 5.43 Å². The molecular weight excluding hydrogens is 316 g/mol. The molecule has 0 fully saturated rings. The SMILES string of the molecule is CCCCCCCCC(=O)NN=Cc1ccc(Br)cc1. The summed E-state index contributed by atoms with van der Waals surface area (Å²) in [5.74, 6) is -0.00569. The van der Waals surface area contributed by atoms with Crippen molar-refractivity contribution in [2.75, 3.05) is 0 Å². The Morgan fingerprint density at radius 3 is 2.50 bits per heavy atom. The molecule has 0 aliphatic carbocycles. The van der Waals surface area contributed by atoms with Crippen LogP contribution in [0.15, 0.2) is 33.8 Å². The molecule has 0 saturated heterocycles. The molecule has 1 aromatic carbocycles. The Morgan fingerprint density at radius 1 is 1.15 bits per heavy atom. The van der Waals surface area contributed by atoms with Gasteiger partial charge in [0, 0.05) is 10.9 Å². The third-order valence-corrected chi connectivity index (χ3v) is 3.56. The summed E-state index contributed by atoms with van der Waals surface area (Å²) < 4.78 is 1.03. The van der Waals surface area contributed by atoms with E-state index < -0.39 is 0 Å². The van der Waals surface area contributed by atoms with E-state index in [2.05, 4.69) is 33.4 Å². The normalized spacial score (nSPS) is 10.9. The molecule has 0 spiro atoms. The Morgan fingerprint density at radius 2 is 1.80 bits per heavy atom. The van der Waals surface area contributed by atoms with E-state index in [1.54, 1.807) is 6.21 Å². The molecule has 0 aliphatic rings. The minimum Gasteiger partial charge on any atom is -0.273 e. The Kier molecular flexibility index (Phi) is 8.96. The first-order valence-electron chi connectivity index (χ1n) is 7.30. The average molecular weight is 339 g/mol. The Hall–Kier alpha value is -1.16. The van der Waals surface area contributed by atoms with Crippen LogP contribution in [0.2, 0.25) is 0 Å². The average Bonchev–Trinajstić information content (AvgIpc) is 2.45. The maximum Gasteiger partial charge on any atom is 0.240 e. The second kappa shape index (κ2) is 10.6. The van der Waals surface area contributed by atoms with E-state index in [0.717, 1.165) is 22.9 Å². The number of amides is 1. The summed E-state index contributed by atoms with van der Waals surface area (Å²) in [7, 11) is 0. The predicted molar refractivity (Wildman–Crippen MR) is 87.9 cm³/mol. The van der Waals surface area contributed by atoms with E-state index in [1.807, 2.05) is 24.3 Å². The molecule has 0 aromatic heterocycles. The molecule has 0 radical (unpaired) electrons. The molecule has 0 bridgehead atoms. The lowest BCUT2D eigenvalue weighted by Crippen LogP contribution is -2.16. The number of hydrazone groups is 1. The minimum absolute atomic E-state index is 0.00569. The van der Waals surface area contributed by atoms with Gasteiger partial charge in [0.2, 0.25) is 5.91 Å². The Labute approximate surface area is 130 Å². The highest BCUT2D eigenvalue weighted by Crippen LogP contribution is 2.09. The highest BCUT2D eigenvalue weighted by atomic mass is 79.9. The topological polar surface area (TPSA) is 41.5 Å². The smallest absolute Gasteiger partial charge is 0.240 e. The van der Waals surface area contributed by atoms with Gasteiger partial charge < -0.3 is 0 Å². The van der Waals surface area contributed by atoms with Gasteiger partial charge in [-0.1, -0.05) is 67.1 Å². The first-order valence-corrected chi connectivity index (χ1v) is 8.09. The highest BCUT2D eigenvalue weighted by Gasteiger charge is 1.99. The van der Waals surface area contributed by atoms with Crippen molar-refractivity contribution in [2.24, 2.45) is 5.10 Å². The van der Waals surface area contributed by atoms with Crippen LogP contribution in [0.3, 0.4) is 0 Å². The predicted octanol–water partition coefficient (Wildman–Crippen LogP) is 4.65. The van der Waals surface area contributed by atoms with Gasteiger partial charge in [-0.15, -0.1) is 0 Å². The summed E-state index contributed by atoms with van der Waals surface area (Å²) in [4.78, 5) is 11.5. The number of carbonyl (C=O) groups is 1. The van der Waals surface area contributed by atoms with E-state index in [0.29, 0.717) is 6.42 Å². The minimum atomic E-state index is -0.00569. The zero-order valence-corrected chi connectivity index (χ0v) is 13.7. The lowest BCUT2D eigenvalue weighted by molar-refractivity contribution is -0.121. The summed E-state index contributed by atoms with van der Waals surface area (Å²) in [5, 5.41) is 3.96. The quantitative estimate of drug-likeness (QED) is 0.397. The number of nitrogens with one attached hydrogen (secondary N) is 1. The van der Waals surface area contributed by atoms with Crippen LogP contribution in [-0.2, 0) is 4.79 Å². The molecule has 4 heteroatoms. The number of nitrogens with zero attached hydrogens (tertiary/aromatic N) is 1. The molecule has 20 heavy (non-hydrogen) atoms. The van der Waals surface area contributed by atoms with Crippen LogP contribution in [0, 0.1) is 0 Å². The van der Waals surface area contributed by atoms with Gasteiger partial charge in [0.15, 0.2) is 0 Å². The fourth-order valence-corrected chi connectivity index (χ4v) is 2.11. The third-order valence-electron chi connectivity index (χ3n) is 3.03. The van der Waals surface area contributed by atoms with Gasteiger partial charge in [-0.05, 0) is 24.1 Å². The number of unbranched alkanes of at least 4 members (excludes halogenated alkanes) is 5. The van der Waals surface area contributed by atoms with E-state index >= 15 is 0 Å². The van der Waals surface area contributed by atoms with Crippen LogP contribution in [-0.4, -0.2) is 12.1 Å². The monoisotopic (exact) mass is 338 g/mol. The summed E-state index contributed by atoms with van der Waals surface area (Å²) in [6, 6.07) is 7.76. The summed E-state index contributed by atoms with van der Waals surface area (Å²) >= 11 is 3.37. The van der Waals surface area contributed by atoms with Crippen molar-refractivity contribution in [1.82, 2.24) is 5.43 Å². The van der Waals surface area contributed by atoms with Gasteiger partial charge >= 0.3 is 0 Å². The van der Waals surface area contributed by atoms with Gasteiger partial charge in [0.05, 0.1) is 6.21 Å². The summed E-state index contributed by atoms with van der Waals surface area (Å²) in [5.41, 5.74) is 3.53. The zero-order chi connectivity index (χ0) is 14.6. The van der Waals surface area contributed by atoms with Gasteiger partial charge in [0.25, 0.3) is 0 Å². The van der Waals surface area contributed by atoms with Crippen LogP contribution in [0.5, 0.6) is 0 Å². The van der Waals surface area contributed by atoms with Crippen molar-refractivity contribution in [3.63, 3.8) is 0 Å². The molecular formula is C16H23BrN2O. The number of carbonyl (C=O) groups excluding carboxylic acids is 1.